The molecule has 0 saturated carbocycles. The Morgan fingerprint density at radius 2 is 1.89 bits per heavy atom. The number of hydrogen-bond donors (Lipinski definition) is 2. The second-order valence-corrected chi connectivity index (χ2v) is 6.09. The van der Waals surface area contributed by atoms with Gasteiger partial charge in [-0.1, -0.05) is 12.1 Å². The van der Waals surface area contributed by atoms with E-state index in [4.69, 9.17) is 9.15 Å². The number of carbonyl (C=O) groups excluding carboxylic acids is 1. The van der Waals surface area contributed by atoms with Gasteiger partial charge in [0.2, 0.25) is 5.95 Å². The molecular weight excluding hydrogens is 344 g/mol. The van der Waals surface area contributed by atoms with Crippen LogP contribution in [-0.4, -0.2) is 23.0 Å². The van der Waals surface area contributed by atoms with Gasteiger partial charge in [-0.25, -0.2) is 9.97 Å². The van der Waals surface area contributed by atoms with Gasteiger partial charge in [0.25, 0.3) is 5.91 Å². The van der Waals surface area contributed by atoms with E-state index in [-0.39, 0.29) is 5.91 Å². The molecule has 3 rings (SSSR count). The second kappa shape index (κ2) is 8.35. The van der Waals surface area contributed by atoms with Crippen LogP contribution in [0.5, 0.6) is 5.75 Å². The van der Waals surface area contributed by atoms with Crippen LogP contribution in [0.1, 0.15) is 33.1 Å². The molecule has 0 spiro atoms. The standard InChI is InChI=1S/C20H22N4O3/c1-13-4-7-17(27-13)11-21-19(25)18-12-23-20(24-14(18)2)22-10-15-5-8-16(26-3)9-6-15/h4-9,12H,10-11H2,1-3H3,(H,21,25)(H,22,23,24). The number of aromatic nitrogens is 2. The summed E-state index contributed by atoms with van der Waals surface area (Å²) in [6.45, 7) is 4.55. The van der Waals surface area contributed by atoms with Crippen molar-refractivity contribution in [2.45, 2.75) is 26.9 Å². The summed E-state index contributed by atoms with van der Waals surface area (Å²) in [6.07, 6.45) is 1.53. The average Bonchev–Trinajstić information content (AvgIpc) is 3.10. The lowest BCUT2D eigenvalue weighted by molar-refractivity contribution is 0.0946. The quantitative estimate of drug-likeness (QED) is 0.667. The fourth-order valence-corrected chi connectivity index (χ4v) is 2.54. The van der Waals surface area contributed by atoms with Crippen LogP contribution in [0.3, 0.4) is 0 Å². The third-order valence-electron chi connectivity index (χ3n) is 4.05. The maximum Gasteiger partial charge on any atom is 0.255 e. The molecule has 1 amide bonds. The molecule has 0 unspecified atom stereocenters. The van der Waals surface area contributed by atoms with E-state index in [2.05, 4.69) is 20.6 Å². The first-order valence-electron chi connectivity index (χ1n) is 8.59. The summed E-state index contributed by atoms with van der Waals surface area (Å²) in [4.78, 5) is 20.9. The first kappa shape index (κ1) is 18.4. The van der Waals surface area contributed by atoms with Crippen molar-refractivity contribution < 1.29 is 13.9 Å². The van der Waals surface area contributed by atoms with Crippen molar-refractivity contribution in [3.63, 3.8) is 0 Å². The molecule has 0 aliphatic rings. The molecule has 2 aromatic heterocycles. The van der Waals surface area contributed by atoms with E-state index in [1.165, 1.54) is 6.20 Å². The van der Waals surface area contributed by atoms with Crippen molar-refractivity contribution in [2.75, 3.05) is 12.4 Å². The highest BCUT2D eigenvalue weighted by Gasteiger charge is 2.12. The van der Waals surface area contributed by atoms with E-state index in [9.17, 15) is 4.79 Å². The number of benzene rings is 1. The van der Waals surface area contributed by atoms with E-state index in [1.54, 1.807) is 14.0 Å². The van der Waals surface area contributed by atoms with Crippen molar-refractivity contribution in [3.8, 4) is 5.75 Å². The van der Waals surface area contributed by atoms with Crippen molar-refractivity contribution >= 4 is 11.9 Å². The van der Waals surface area contributed by atoms with Gasteiger partial charge in [0.15, 0.2) is 0 Å². The molecular formula is C20H22N4O3. The minimum Gasteiger partial charge on any atom is -0.497 e. The van der Waals surface area contributed by atoms with Gasteiger partial charge < -0.3 is 19.8 Å². The number of methoxy groups -OCH3 is 1. The number of furan rings is 1. The first-order valence-corrected chi connectivity index (χ1v) is 8.59. The molecule has 140 valence electrons. The van der Waals surface area contributed by atoms with Gasteiger partial charge in [-0.2, -0.15) is 0 Å². The van der Waals surface area contributed by atoms with Crippen molar-refractivity contribution in [2.24, 2.45) is 0 Å². The van der Waals surface area contributed by atoms with E-state index in [1.807, 2.05) is 43.3 Å². The van der Waals surface area contributed by atoms with E-state index >= 15 is 0 Å². The normalized spacial score (nSPS) is 10.5. The summed E-state index contributed by atoms with van der Waals surface area (Å²) < 4.78 is 10.6. The monoisotopic (exact) mass is 366 g/mol. The molecule has 27 heavy (non-hydrogen) atoms. The predicted octanol–water partition coefficient (Wildman–Crippen LogP) is 3.24. The van der Waals surface area contributed by atoms with Gasteiger partial charge in [-0.3, -0.25) is 4.79 Å². The number of anilines is 1. The Kier molecular flexibility index (Phi) is 5.71. The van der Waals surface area contributed by atoms with Crippen molar-refractivity contribution in [1.29, 1.82) is 0 Å². The number of aryl methyl sites for hydroxylation is 2. The molecule has 0 bridgehead atoms. The summed E-state index contributed by atoms with van der Waals surface area (Å²) in [5, 5.41) is 5.97. The van der Waals surface area contributed by atoms with Crippen molar-refractivity contribution in [1.82, 2.24) is 15.3 Å². The summed E-state index contributed by atoms with van der Waals surface area (Å²) in [6, 6.07) is 11.4. The Labute approximate surface area is 157 Å². The lowest BCUT2D eigenvalue weighted by atomic mass is 10.2. The van der Waals surface area contributed by atoms with Crippen LogP contribution in [-0.2, 0) is 13.1 Å². The van der Waals surface area contributed by atoms with Crippen molar-refractivity contribution in [3.05, 3.63) is 70.9 Å². The molecule has 1 aromatic carbocycles. The largest absolute Gasteiger partial charge is 0.497 e. The van der Waals surface area contributed by atoms with E-state index in [0.717, 1.165) is 17.1 Å². The molecule has 2 N–H and O–H groups in total. The third-order valence-corrected chi connectivity index (χ3v) is 4.05. The maximum absolute atomic E-state index is 12.3. The molecule has 0 atom stereocenters. The zero-order chi connectivity index (χ0) is 19.2. The molecule has 7 heteroatoms. The topological polar surface area (TPSA) is 89.3 Å². The molecule has 2 heterocycles. The molecule has 0 radical (unpaired) electrons. The highest BCUT2D eigenvalue weighted by molar-refractivity contribution is 5.94. The molecule has 0 saturated heterocycles. The summed E-state index contributed by atoms with van der Waals surface area (Å²) in [7, 11) is 1.64. The van der Waals surface area contributed by atoms with Gasteiger partial charge in [-0.05, 0) is 43.7 Å². The number of rotatable bonds is 7. The summed E-state index contributed by atoms with van der Waals surface area (Å²) in [5.41, 5.74) is 2.12. The van der Waals surface area contributed by atoms with Gasteiger partial charge in [0.05, 0.1) is 24.9 Å². The van der Waals surface area contributed by atoms with E-state index < -0.39 is 0 Å². The third kappa shape index (κ3) is 4.84. The lowest BCUT2D eigenvalue weighted by Gasteiger charge is -2.09. The molecule has 3 aromatic rings. The number of ether oxygens (including phenoxy) is 1. The van der Waals surface area contributed by atoms with Gasteiger partial charge >= 0.3 is 0 Å². The number of nitrogens with zero attached hydrogens (tertiary/aromatic N) is 2. The number of nitrogens with one attached hydrogen (secondary N) is 2. The predicted molar refractivity (Wildman–Crippen MR) is 102 cm³/mol. The summed E-state index contributed by atoms with van der Waals surface area (Å²) in [5.74, 6) is 2.57. The molecule has 0 fully saturated rings. The zero-order valence-electron chi connectivity index (χ0n) is 15.6. The van der Waals surface area contributed by atoms with Crippen LogP contribution in [0, 0.1) is 13.8 Å². The number of amides is 1. The minimum atomic E-state index is -0.233. The maximum atomic E-state index is 12.3. The minimum absolute atomic E-state index is 0.233. The van der Waals surface area contributed by atoms with Gasteiger partial charge in [-0.15, -0.1) is 0 Å². The van der Waals surface area contributed by atoms with E-state index in [0.29, 0.717) is 36.1 Å². The number of hydrogen-bond acceptors (Lipinski definition) is 6. The highest BCUT2D eigenvalue weighted by Crippen LogP contribution is 2.13. The van der Waals surface area contributed by atoms with Crippen LogP contribution < -0.4 is 15.4 Å². The smallest absolute Gasteiger partial charge is 0.255 e. The molecule has 7 nitrogen and oxygen atoms in total. The van der Waals surface area contributed by atoms with Gasteiger partial charge in [0.1, 0.15) is 17.3 Å². The fraction of sp³-hybridized carbons (Fsp3) is 0.250. The highest BCUT2D eigenvalue weighted by atomic mass is 16.5. The Morgan fingerprint density at radius 3 is 2.52 bits per heavy atom. The Balaban J connectivity index is 1.58. The SMILES string of the molecule is COc1ccc(CNc2ncc(C(=O)NCc3ccc(C)o3)c(C)n2)cc1. The Hall–Kier alpha value is -3.35. The van der Waals surface area contributed by atoms with Gasteiger partial charge in [0, 0.05) is 12.7 Å². The Morgan fingerprint density at radius 1 is 1.11 bits per heavy atom. The molecule has 0 aliphatic carbocycles. The van der Waals surface area contributed by atoms with Crippen LogP contribution in [0.2, 0.25) is 0 Å². The van der Waals surface area contributed by atoms with Crippen LogP contribution >= 0.6 is 0 Å². The fourth-order valence-electron chi connectivity index (χ4n) is 2.54. The number of carbonyl (C=O) groups is 1. The lowest BCUT2D eigenvalue weighted by Crippen LogP contribution is -2.24. The summed E-state index contributed by atoms with van der Waals surface area (Å²) >= 11 is 0. The van der Waals surface area contributed by atoms with Crippen LogP contribution in [0.25, 0.3) is 0 Å². The Bertz CT molecular complexity index is 919. The molecule has 0 aliphatic heterocycles. The second-order valence-electron chi connectivity index (χ2n) is 6.09. The first-order chi connectivity index (χ1) is 13.0. The van der Waals surface area contributed by atoms with Crippen LogP contribution in [0.4, 0.5) is 5.95 Å². The van der Waals surface area contributed by atoms with Crippen LogP contribution in [0.15, 0.2) is 47.0 Å². The zero-order valence-corrected chi connectivity index (χ0v) is 15.6. The average molecular weight is 366 g/mol.